The van der Waals surface area contributed by atoms with Gasteiger partial charge in [-0.25, -0.2) is 0 Å². The molecule has 0 saturated carbocycles. The number of aliphatic carboxylic acids is 1. The summed E-state index contributed by atoms with van der Waals surface area (Å²) in [7, 11) is 0. The Morgan fingerprint density at radius 3 is 2.39 bits per heavy atom. The molecule has 1 amide bonds. The van der Waals surface area contributed by atoms with E-state index in [1.165, 1.54) is 23.5 Å². The van der Waals surface area contributed by atoms with Gasteiger partial charge in [0.1, 0.15) is 0 Å². The van der Waals surface area contributed by atoms with Crippen LogP contribution in [-0.2, 0) is 22.4 Å². The summed E-state index contributed by atoms with van der Waals surface area (Å²) in [6, 6.07) is 13.2. The number of anilines is 1. The lowest BCUT2D eigenvalue weighted by Gasteiger charge is -2.11. The van der Waals surface area contributed by atoms with Crippen molar-refractivity contribution in [3.8, 4) is 27.7 Å². The summed E-state index contributed by atoms with van der Waals surface area (Å²) in [5, 5.41) is 40.5. The zero-order valence-electron chi connectivity index (χ0n) is 14.5. The predicted octanol–water partition coefficient (Wildman–Crippen LogP) is 3.34. The van der Waals surface area contributed by atoms with E-state index in [9.17, 15) is 24.9 Å². The molecule has 1 heterocycles. The summed E-state index contributed by atoms with van der Waals surface area (Å²) in [6.07, 6.45) is -0.272. The third-order valence-electron chi connectivity index (χ3n) is 4.02. The third-order valence-corrected chi connectivity index (χ3v) is 5.14. The van der Waals surface area contributed by atoms with E-state index in [0.29, 0.717) is 10.6 Å². The largest absolute Gasteiger partial charge is 0.504 e. The van der Waals surface area contributed by atoms with Crippen LogP contribution in [0.2, 0.25) is 0 Å². The number of phenolic OH excluding ortho intramolecular Hbond substituents is 3. The number of carboxylic acid groups (broad SMARTS) is 1. The molecule has 0 aliphatic heterocycles. The highest BCUT2D eigenvalue weighted by atomic mass is 32.1. The van der Waals surface area contributed by atoms with E-state index >= 15 is 0 Å². The summed E-state index contributed by atoms with van der Waals surface area (Å²) in [6.45, 7) is 0. The van der Waals surface area contributed by atoms with Crippen LogP contribution in [-0.4, -0.2) is 32.3 Å². The summed E-state index contributed by atoms with van der Waals surface area (Å²) in [4.78, 5) is 24.8. The fraction of sp³-hybridized carbons (Fsp3) is 0.100. The zero-order valence-corrected chi connectivity index (χ0v) is 15.4. The molecule has 28 heavy (non-hydrogen) atoms. The topological polar surface area (TPSA) is 127 Å². The minimum Gasteiger partial charge on any atom is -0.504 e. The number of benzene rings is 2. The van der Waals surface area contributed by atoms with Crippen LogP contribution >= 0.6 is 11.3 Å². The molecule has 0 spiro atoms. The number of nitrogens with one attached hydrogen (secondary N) is 1. The highest BCUT2D eigenvalue weighted by Crippen LogP contribution is 2.38. The lowest BCUT2D eigenvalue weighted by Crippen LogP contribution is -2.15. The van der Waals surface area contributed by atoms with Gasteiger partial charge < -0.3 is 25.7 Å². The van der Waals surface area contributed by atoms with Gasteiger partial charge in [0, 0.05) is 26.6 Å². The maximum atomic E-state index is 12.4. The van der Waals surface area contributed by atoms with E-state index < -0.39 is 29.1 Å². The smallest absolute Gasteiger partial charge is 0.308 e. The minimum absolute atomic E-state index is 0.0667. The lowest BCUT2D eigenvalue weighted by atomic mass is 10.1. The monoisotopic (exact) mass is 399 g/mol. The van der Waals surface area contributed by atoms with Crippen LogP contribution < -0.4 is 5.32 Å². The number of aromatic hydroxyl groups is 3. The average molecular weight is 399 g/mol. The number of phenols is 3. The van der Waals surface area contributed by atoms with Crippen LogP contribution in [0.25, 0.3) is 10.4 Å². The molecule has 0 radical (unpaired) electrons. The van der Waals surface area contributed by atoms with Crippen molar-refractivity contribution in [3.05, 3.63) is 59.0 Å². The molecular weight excluding hydrogens is 382 g/mol. The van der Waals surface area contributed by atoms with Crippen molar-refractivity contribution < 1.29 is 30.0 Å². The molecular formula is C20H17NO6S. The van der Waals surface area contributed by atoms with Gasteiger partial charge in [0.15, 0.2) is 11.5 Å². The quantitative estimate of drug-likeness (QED) is 0.405. The summed E-state index contributed by atoms with van der Waals surface area (Å²) < 4.78 is 0. The van der Waals surface area contributed by atoms with Gasteiger partial charge in [-0.1, -0.05) is 24.3 Å². The maximum absolute atomic E-state index is 12.4. The fourth-order valence-corrected chi connectivity index (χ4v) is 3.73. The molecule has 0 saturated heterocycles. The van der Waals surface area contributed by atoms with E-state index in [0.717, 1.165) is 10.4 Å². The Morgan fingerprint density at radius 1 is 0.893 bits per heavy atom. The molecule has 5 N–H and O–H groups in total. The lowest BCUT2D eigenvalue weighted by molar-refractivity contribution is -0.136. The van der Waals surface area contributed by atoms with Gasteiger partial charge >= 0.3 is 5.97 Å². The molecule has 0 atom stereocenters. The first-order valence-corrected chi connectivity index (χ1v) is 9.09. The standard InChI is InChI=1S/C20H17NO6S/c22-15-7-5-11(19(26)20(15)27)9-17(23)21-14-4-2-1-3-13(14)16-8-6-12(28-16)10-18(24)25/h1-8,22,26-27H,9-10H2,(H,21,23)(H,24,25). The number of carbonyl (C=O) groups is 2. The molecule has 0 aliphatic rings. The van der Waals surface area contributed by atoms with Gasteiger partial charge in [-0.3, -0.25) is 9.59 Å². The van der Waals surface area contributed by atoms with E-state index in [1.54, 1.807) is 24.3 Å². The highest BCUT2D eigenvalue weighted by molar-refractivity contribution is 7.15. The average Bonchev–Trinajstić information content (AvgIpc) is 3.10. The number of hydrogen-bond donors (Lipinski definition) is 5. The molecule has 8 heteroatoms. The summed E-state index contributed by atoms with van der Waals surface area (Å²) >= 11 is 1.33. The van der Waals surface area contributed by atoms with E-state index in [-0.39, 0.29) is 18.4 Å². The Labute approximate surface area is 164 Å². The fourth-order valence-electron chi connectivity index (χ4n) is 2.69. The number of rotatable bonds is 6. The van der Waals surface area contributed by atoms with Crippen molar-refractivity contribution in [3.63, 3.8) is 0 Å². The van der Waals surface area contributed by atoms with Crippen LogP contribution in [0, 0.1) is 0 Å². The second-order valence-corrected chi connectivity index (χ2v) is 7.22. The number of carboxylic acids is 1. The molecule has 0 unspecified atom stereocenters. The van der Waals surface area contributed by atoms with Crippen LogP contribution in [0.4, 0.5) is 5.69 Å². The van der Waals surface area contributed by atoms with Gasteiger partial charge in [0.2, 0.25) is 11.7 Å². The van der Waals surface area contributed by atoms with Crippen LogP contribution in [0.15, 0.2) is 48.5 Å². The van der Waals surface area contributed by atoms with Gasteiger partial charge in [0.05, 0.1) is 12.8 Å². The van der Waals surface area contributed by atoms with Crippen molar-refractivity contribution in [2.45, 2.75) is 12.8 Å². The van der Waals surface area contributed by atoms with Crippen molar-refractivity contribution in [2.24, 2.45) is 0 Å². The normalized spacial score (nSPS) is 10.6. The Morgan fingerprint density at radius 2 is 1.64 bits per heavy atom. The number of thiophene rings is 1. The second kappa shape index (κ2) is 8.01. The zero-order chi connectivity index (χ0) is 20.3. The Balaban J connectivity index is 1.80. The van der Waals surface area contributed by atoms with Crippen molar-refractivity contribution >= 4 is 28.9 Å². The van der Waals surface area contributed by atoms with Crippen LogP contribution in [0.3, 0.4) is 0 Å². The SMILES string of the molecule is O=C(O)Cc1ccc(-c2ccccc2NC(=O)Cc2ccc(O)c(O)c2O)s1. The number of carbonyl (C=O) groups excluding carboxylic acids is 1. The molecule has 3 rings (SSSR count). The maximum Gasteiger partial charge on any atom is 0.308 e. The van der Waals surface area contributed by atoms with Gasteiger partial charge in [-0.05, 0) is 24.3 Å². The van der Waals surface area contributed by atoms with Gasteiger partial charge in [-0.2, -0.15) is 0 Å². The molecule has 3 aromatic rings. The Bertz CT molecular complexity index is 1040. The first kappa shape index (κ1) is 19.2. The molecule has 2 aromatic carbocycles. The molecule has 0 bridgehead atoms. The molecule has 7 nitrogen and oxygen atoms in total. The van der Waals surface area contributed by atoms with E-state index in [4.69, 9.17) is 5.11 Å². The van der Waals surface area contributed by atoms with E-state index in [1.807, 2.05) is 12.1 Å². The Hall–Kier alpha value is -3.52. The highest BCUT2D eigenvalue weighted by Gasteiger charge is 2.16. The third kappa shape index (κ3) is 4.24. The minimum atomic E-state index is -0.910. The van der Waals surface area contributed by atoms with Crippen LogP contribution in [0.1, 0.15) is 10.4 Å². The Kier molecular flexibility index (Phi) is 5.51. The first-order chi connectivity index (χ1) is 13.3. The molecule has 144 valence electrons. The summed E-state index contributed by atoms with van der Waals surface area (Å²) in [5.41, 5.74) is 1.46. The second-order valence-electron chi connectivity index (χ2n) is 6.05. The van der Waals surface area contributed by atoms with Gasteiger partial charge in [0.25, 0.3) is 0 Å². The van der Waals surface area contributed by atoms with Crippen molar-refractivity contribution in [1.29, 1.82) is 0 Å². The number of amides is 1. The van der Waals surface area contributed by atoms with Crippen molar-refractivity contribution in [2.75, 3.05) is 5.32 Å². The molecule has 1 aromatic heterocycles. The predicted molar refractivity (Wildman–Crippen MR) is 105 cm³/mol. The number of hydrogen-bond acceptors (Lipinski definition) is 6. The van der Waals surface area contributed by atoms with Gasteiger partial charge in [-0.15, -0.1) is 11.3 Å². The van der Waals surface area contributed by atoms with Crippen molar-refractivity contribution in [1.82, 2.24) is 0 Å². The number of para-hydroxylation sites is 1. The first-order valence-electron chi connectivity index (χ1n) is 8.27. The molecule has 0 aliphatic carbocycles. The van der Waals surface area contributed by atoms with Crippen LogP contribution in [0.5, 0.6) is 17.2 Å². The summed E-state index contributed by atoms with van der Waals surface area (Å²) in [5.74, 6) is -3.01. The molecule has 0 fully saturated rings. The van der Waals surface area contributed by atoms with E-state index in [2.05, 4.69) is 5.32 Å².